The topological polar surface area (TPSA) is 26.3 Å². The van der Waals surface area contributed by atoms with Crippen LogP contribution >= 0.6 is 11.3 Å². The normalized spacial score (nSPS) is 10.4. The lowest BCUT2D eigenvalue weighted by Gasteiger charge is -2.10. The van der Waals surface area contributed by atoms with Crippen molar-refractivity contribution in [3.05, 3.63) is 50.7 Å². The molecule has 0 bridgehead atoms. The first-order valence-electron chi connectivity index (χ1n) is 5.78. The Kier molecular flexibility index (Phi) is 3.53. The highest BCUT2D eigenvalue weighted by atomic mass is 32.1. The van der Waals surface area contributed by atoms with Gasteiger partial charge in [-0.05, 0) is 61.0 Å². The van der Waals surface area contributed by atoms with E-state index in [-0.39, 0.29) is 5.78 Å². The van der Waals surface area contributed by atoms with Crippen LogP contribution in [0.1, 0.15) is 31.9 Å². The van der Waals surface area contributed by atoms with Gasteiger partial charge in [-0.25, -0.2) is 0 Å². The van der Waals surface area contributed by atoms with Crippen molar-refractivity contribution in [3.8, 4) is 5.75 Å². The van der Waals surface area contributed by atoms with E-state index in [1.807, 2.05) is 44.4 Å². The molecule has 0 aliphatic heterocycles. The van der Waals surface area contributed by atoms with E-state index in [4.69, 9.17) is 4.74 Å². The second kappa shape index (κ2) is 4.94. The predicted molar refractivity (Wildman–Crippen MR) is 75.0 cm³/mol. The number of hydrogen-bond acceptors (Lipinski definition) is 3. The van der Waals surface area contributed by atoms with Crippen LogP contribution in [0, 0.1) is 20.8 Å². The van der Waals surface area contributed by atoms with Gasteiger partial charge in [-0.2, -0.15) is 0 Å². The molecular formula is C15H16O2S. The largest absolute Gasteiger partial charge is 0.496 e. The fourth-order valence-electron chi connectivity index (χ4n) is 2.14. The van der Waals surface area contributed by atoms with Gasteiger partial charge in [-0.1, -0.05) is 0 Å². The number of ether oxygens (including phenoxy) is 1. The first-order chi connectivity index (χ1) is 8.54. The zero-order valence-electron chi connectivity index (χ0n) is 11.0. The molecule has 18 heavy (non-hydrogen) atoms. The van der Waals surface area contributed by atoms with Gasteiger partial charge < -0.3 is 4.74 Å². The van der Waals surface area contributed by atoms with Crippen LogP contribution in [0.4, 0.5) is 0 Å². The smallest absolute Gasteiger partial charge is 0.203 e. The molecule has 1 heterocycles. The number of benzene rings is 1. The Morgan fingerprint density at radius 1 is 1.11 bits per heavy atom. The summed E-state index contributed by atoms with van der Waals surface area (Å²) in [4.78, 5) is 13.2. The maximum absolute atomic E-state index is 12.4. The standard InChI is InChI=1S/C15H16O2S/c1-9-5-6-18-15(9)13(16)12-7-10(2)14(17-4)11(3)8-12/h5-8H,1-4H3. The summed E-state index contributed by atoms with van der Waals surface area (Å²) in [6, 6.07) is 5.77. The highest BCUT2D eigenvalue weighted by Crippen LogP contribution is 2.27. The van der Waals surface area contributed by atoms with Gasteiger partial charge in [0.05, 0.1) is 12.0 Å². The Hall–Kier alpha value is -1.61. The van der Waals surface area contributed by atoms with Crippen LogP contribution < -0.4 is 4.74 Å². The molecular weight excluding hydrogens is 244 g/mol. The van der Waals surface area contributed by atoms with Crippen LogP contribution in [0.25, 0.3) is 0 Å². The average Bonchev–Trinajstić information content (AvgIpc) is 2.74. The number of rotatable bonds is 3. The van der Waals surface area contributed by atoms with Crippen molar-refractivity contribution in [2.75, 3.05) is 7.11 Å². The van der Waals surface area contributed by atoms with Gasteiger partial charge in [-0.15, -0.1) is 11.3 Å². The summed E-state index contributed by atoms with van der Waals surface area (Å²) < 4.78 is 5.32. The molecule has 0 N–H and O–H groups in total. The van der Waals surface area contributed by atoms with Crippen molar-refractivity contribution in [3.63, 3.8) is 0 Å². The van der Waals surface area contributed by atoms with E-state index in [2.05, 4.69) is 0 Å². The number of hydrogen-bond donors (Lipinski definition) is 0. The number of carbonyl (C=O) groups is 1. The Morgan fingerprint density at radius 2 is 1.72 bits per heavy atom. The number of aryl methyl sites for hydroxylation is 3. The Balaban J connectivity index is 2.47. The number of methoxy groups -OCH3 is 1. The van der Waals surface area contributed by atoms with Crippen LogP contribution in [0.2, 0.25) is 0 Å². The van der Waals surface area contributed by atoms with E-state index in [1.54, 1.807) is 7.11 Å². The van der Waals surface area contributed by atoms with E-state index in [0.717, 1.165) is 32.9 Å². The third-order valence-electron chi connectivity index (χ3n) is 2.99. The Morgan fingerprint density at radius 3 is 2.17 bits per heavy atom. The molecule has 0 aliphatic carbocycles. The molecule has 1 aromatic carbocycles. The van der Waals surface area contributed by atoms with E-state index in [0.29, 0.717) is 0 Å². The summed E-state index contributed by atoms with van der Waals surface area (Å²) in [6.45, 7) is 5.89. The Labute approximate surface area is 111 Å². The summed E-state index contributed by atoms with van der Waals surface area (Å²) in [7, 11) is 1.65. The molecule has 0 fully saturated rings. The minimum Gasteiger partial charge on any atom is -0.496 e. The summed E-state index contributed by atoms with van der Waals surface area (Å²) in [5.74, 6) is 0.950. The summed E-state index contributed by atoms with van der Waals surface area (Å²) >= 11 is 1.49. The zero-order valence-corrected chi connectivity index (χ0v) is 11.9. The number of thiophene rings is 1. The summed E-state index contributed by atoms with van der Waals surface area (Å²) in [5, 5.41) is 1.95. The zero-order chi connectivity index (χ0) is 13.3. The minimum absolute atomic E-state index is 0.0938. The lowest BCUT2D eigenvalue weighted by molar-refractivity contribution is 0.104. The molecule has 0 aliphatic rings. The summed E-state index contributed by atoms with van der Waals surface area (Å²) in [6.07, 6.45) is 0. The van der Waals surface area contributed by atoms with Crippen molar-refractivity contribution in [2.45, 2.75) is 20.8 Å². The lowest BCUT2D eigenvalue weighted by atomic mass is 10.0. The first-order valence-corrected chi connectivity index (χ1v) is 6.66. The van der Waals surface area contributed by atoms with Crippen molar-refractivity contribution < 1.29 is 9.53 Å². The van der Waals surface area contributed by atoms with Gasteiger partial charge in [-0.3, -0.25) is 4.79 Å². The second-order valence-corrected chi connectivity index (χ2v) is 5.32. The minimum atomic E-state index is 0.0938. The van der Waals surface area contributed by atoms with Crippen LogP contribution in [-0.2, 0) is 0 Å². The monoisotopic (exact) mass is 260 g/mol. The number of carbonyl (C=O) groups excluding carboxylic acids is 1. The lowest BCUT2D eigenvalue weighted by Crippen LogP contribution is -2.03. The fourth-order valence-corrected chi connectivity index (χ4v) is 3.03. The summed E-state index contributed by atoms with van der Waals surface area (Å²) in [5.41, 5.74) is 3.76. The molecule has 1 aromatic heterocycles. The fraction of sp³-hybridized carbons (Fsp3) is 0.267. The molecule has 0 unspecified atom stereocenters. The molecule has 0 spiro atoms. The quantitative estimate of drug-likeness (QED) is 0.782. The highest BCUT2D eigenvalue weighted by Gasteiger charge is 2.15. The molecule has 0 radical (unpaired) electrons. The van der Waals surface area contributed by atoms with Gasteiger partial charge in [0.25, 0.3) is 0 Å². The van der Waals surface area contributed by atoms with Crippen LogP contribution in [-0.4, -0.2) is 12.9 Å². The highest BCUT2D eigenvalue weighted by molar-refractivity contribution is 7.12. The first kappa shape index (κ1) is 12.8. The van der Waals surface area contributed by atoms with Crippen LogP contribution in [0.15, 0.2) is 23.6 Å². The molecule has 2 nitrogen and oxygen atoms in total. The molecule has 0 amide bonds. The predicted octanol–water partition coefficient (Wildman–Crippen LogP) is 3.91. The second-order valence-electron chi connectivity index (χ2n) is 4.41. The van der Waals surface area contributed by atoms with E-state index >= 15 is 0 Å². The SMILES string of the molecule is COc1c(C)cc(C(=O)c2sccc2C)cc1C. The van der Waals surface area contributed by atoms with Crippen molar-refractivity contribution in [2.24, 2.45) is 0 Å². The van der Waals surface area contributed by atoms with E-state index < -0.39 is 0 Å². The van der Waals surface area contributed by atoms with Crippen molar-refractivity contribution in [1.82, 2.24) is 0 Å². The van der Waals surface area contributed by atoms with E-state index in [1.165, 1.54) is 11.3 Å². The Bertz CT molecular complexity index is 573. The maximum Gasteiger partial charge on any atom is 0.203 e. The molecule has 94 valence electrons. The van der Waals surface area contributed by atoms with Crippen molar-refractivity contribution in [1.29, 1.82) is 0 Å². The van der Waals surface area contributed by atoms with E-state index in [9.17, 15) is 4.79 Å². The van der Waals surface area contributed by atoms with Gasteiger partial charge >= 0.3 is 0 Å². The van der Waals surface area contributed by atoms with Gasteiger partial charge in [0.1, 0.15) is 5.75 Å². The molecule has 0 saturated heterocycles. The van der Waals surface area contributed by atoms with Gasteiger partial charge in [0, 0.05) is 5.56 Å². The molecule has 2 aromatic rings. The third-order valence-corrected chi connectivity index (χ3v) is 4.01. The van der Waals surface area contributed by atoms with Crippen LogP contribution in [0.3, 0.4) is 0 Å². The average molecular weight is 260 g/mol. The van der Waals surface area contributed by atoms with Crippen LogP contribution in [0.5, 0.6) is 5.75 Å². The van der Waals surface area contributed by atoms with Crippen molar-refractivity contribution >= 4 is 17.1 Å². The third kappa shape index (κ3) is 2.18. The van der Waals surface area contributed by atoms with Gasteiger partial charge in [0.2, 0.25) is 5.78 Å². The molecule has 0 saturated carbocycles. The molecule has 0 atom stereocenters. The molecule has 2 rings (SSSR count). The maximum atomic E-state index is 12.4. The molecule has 3 heteroatoms. The number of ketones is 1. The van der Waals surface area contributed by atoms with Gasteiger partial charge in [0.15, 0.2) is 0 Å².